The Balaban J connectivity index is 2.51. The molecule has 0 saturated carbocycles. The number of aliphatic hydroxyl groups excluding tert-OH is 1. The number of benzene rings is 1. The minimum absolute atomic E-state index is 0.336. The summed E-state index contributed by atoms with van der Waals surface area (Å²) in [5.41, 5.74) is 0.820. The van der Waals surface area contributed by atoms with Gasteiger partial charge in [-0.25, -0.2) is 4.39 Å². The minimum atomic E-state index is -0.398. The van der Waals surface area contributed by atoms with E-state index in [2.05, 4.69) is 13.8 Å². The smallest absolute Gasteiger partial charge is 0.124 e. The molecule has 0 saturated heterocycles. The molecule has 0 radical (unpaired) electrons. The number of hydrogen-bond donors (Lipinski definition) is 1. The summed E-state index contributed by atoms with van der Waals surface area (Å²) in [6.45, 7) is 4.35. The zero-order chi connectivity index (χ0) is 14.3. The van der Waals surface area contributed by atoms with Crippen molar-refractivity contribution in [2.45, 2.75) is 58.5 Å². The van der Waals surface area contributed by atoms with Gasteiger partial charge >= 0.3 is 0 Å². The molecule has 0 heterocycles. The maximum atomic E-state index is 12.9. The van der Waals surface area contributed by atoms with Crippen molar-refractivity contribution in [2.75, 3.05) is 0 Å². The molecule has 1 rings (SSSR count). The van der Waals surface area contributed by atoms with Crippen LogP contribution in [0, 0.1) is 11.7 Å². The average Bonchev–Trinajstić information content (AvgIpc) is 2.38. The summed E-state index contributed by atoms with van der Waals surface area (Å²) in [4.78, 5) is 0. The monoisotopic (exact) mass is 286 g/mol. The number of aliphatic hydroxyl groups is 1. The molecule has 0 aromatic heterocycles. The minimum Gasteiger partial charge on any atom is -0.393 e. The van der Waals surface area contributed by atoms with Crippen molar-refractivity contribution < 1.29 is 9.50 Å². The maximum absolute atomic E-state index is 12.9. The molecule has 1 N–H and O–H groups in total. The van der Waals surface area contributed by atoms with Gasteiger partial charge in [-0.2, -0.15) is 0 Å². The fraction of sp³-hybridized carbons (Fsp3) is 0.625. The molecular weight excluding hydrogens is 263 g/mol. The van der Waals surface area contributed by atoms with Crippen molar-refractivity contribution in [3.8, 4) is 0 Å². The third-order valence-corrected chi connectivity index (χ3v) is 3.97. The highest BCUT2D eigenvalue weighted by Gasteiger charge is 2.14. The summed E-state index contributed by atoms with van der Waals surface area (Å²) in [6.07, 6.45) is 5.56. The molecule has 0 amide bonds. The molecule has 0 aliphatic heterocycles. The normalized spacial score (nSPS) is 14.4. The summed E-state index contributed by atoms with van der Waals surface area (Å²) in [6, 6.07) is 4.36. The first-order valence-electron chi connectivity index (χ1n) is 7.18. The van der Waals surface area contributed by atoms with Gasteiger partial charge in [-0.15, -0.1) is 0 Å². The Kier molecular flexibility index (Phi) is 7.40. The Morgan fingerprint density at radius 2 is 2.05 bits per heavy atom. The topological polar surface area (TPSA) is 20.2 Å². The highest BCUT2D eigenvalue weighted by Crippen LogP contribution is 2.23. The number of halogens is 2. The first-order chi connectivity index (χ1) is 9.06. The van der Waals surface area contributed by atoms with Gasteiger partial charge in [-0.1, -0.05) is 57.2 Å². The number of unbranched alkanes of at least 4 members (excludes halogenated alkanes) is 1. The van der Waals surface area contributed by atoms with E-state index in [1.165, 1.54) is 31.4 Å². The molecule has 3 heteroatoms. The van der Waals surface area contributed by atoms with Gasteiger partial charge in [0.25, 0.3) is 0 Å². The van der Waals surface area contributed by atoms with E-state index >= 15 is 0 Å². The van der Waals surface area contributed by atoms with Crippen LogP contribution in [0.5, 0.6) is 0 Å². The lowest BCUT2D eigenvalue weighted by Gasteiger charge is -2.19. The second-order valence-electron chi connectivity index (χ2n) is 5.25. The van der Waals surface area contributed by atoms with Gasteiger partial charge in [0.1, 0.15) is 5.82 Å². The number of hydrogen-bond acceptors (Lipinski definition) is 1. The number of rotatable bonds is 8. The van der Waals surface area contributed by atoms with Crippen LogP contribution < -0.4 is 0 Å². The van der Waals surface area contributed by atoms with Crippen LogP contribution in [0.4, 0.5) is 4.39 Å². The van der Waals surface area contributed by atoms with Crippen LogP contribution in [0.1, 0.15) is 51.5 Å². The van der Waals surface area contributed by atoms with E-state index in [1.54, 1.807) is 6.07 Å². The van der Waals surface area contributed by atoms with Crippen LogP contribution >= 0.6 is 11.6 Å². The van der Waals surface area contributed by atoms with Crippen molar-refractivity contribution >= 4 is 11.6 Å². The quantitative estimate of drug-likeness (QED) is 0.714. The van der Waals surface area contributed by atoms with Gasteiger partial charge in [0, 0.05) is 5.02 Å². The van der Waals surface area contributed by atoms with Crippen molar-refractivity contribution in [1.29, 1.82) is 0 Å². The van der Waals surface area contributed by atoms with Gasteiger partial charge in [0.2, 0.25) is 0 Å². The lowest BCUT2D eigenvalue weighted by molar-refractivity contribution is 0.137. The van der Waals surface area contributed by atoms with E-state index in [-0.39, 0.29) is 5.82 Å². The standard InChI is InChI=1S/C16H24ClFO/c1-3-5-6-12(4-2)9-15(19)10-13-7-8-14(18)11-16(13)17/h7-8,11-12,15,19H,3-6,9-10H2,1-2H3. The van der Waals surface area contributed by atoms with Crippen molar-refractivity contribution in [2.24, 2.45) is 5.92 Å². The van der Waals surface area contributed by atoms with Crippen LogP contribution in [0.15, 0.2) is 18.2 Å². The van der Waals surface area contributed by atoms with Crippen LogP contribution in [0.2, 0.25) is 5.02 Å². The largest absolute Gasteiger partial charge is 0.393 e. The van der Waals surface area contributed by atoms with Gasteiger partial charge in [-0.3, -0.25) is 0 Å². The summed E-state index contributed by atoms with van der Waals surface area (Å²) >= 11 is 5.98. The molecule has 0 spiro atoms. The Bertz CT molecular complexity index is 381. The third-order valence-electron chi connectivity index (χ3n) is 3.62. The molecule has 1 aromatic rings. The first kappa shape index (κ1) is 16.5. The molecule has 1 nitrogen and oxygen atoms in total. The molecule has 0 bridgehead atoms. The predicted octanol–water partition coefficient (Wildman–Crippen LogP) is 4.99. The summed E-state index contributed by atoms with van der Waals surface area (Å²) in [7, 11) is 0. The van der Waals surface area contributed by atoms with Gasteiger partial charge in [-0.05, 0) is 36.5 Å². The molecular formula is C16H24ClFO. The van der Waals surface area contributed by atoms with Crippen LogP contribution in [0.25, 0.3) is 0 Å². The fourth-order valence-electron chi connectivity index (χ4n) is 2.39. The molecule has 0 aliphatic rings. The van der Waals surface area contributed by atoms with E-state index < -0.39 is 6.10 Å². The van der Waals surface area contributed by atoms with Gasteiger partial charge < -0.3 is 5.11 Å². The van der Waals surface area contributed by atoms with Crippen LogP contribution in [-0.4, -0.2) is 11.2 Å². The zero-order valence-corrected chi connectivity index (χ0v) is 12.6. The Labute approximate surface area is 120 Å². The first-order valence-corrected chi connectivity index (χ1v) is 7.56. The molecule has 0 aliphatic carbocycles. The Morgan fingerprint density at radius 1 is 1.32 bits per heavy atom. The second-order valence-corrected chi connectivity index (χ2v) is 5.65. The van der Waals surface area contributed by atoms with E-state index in [0.29, 0.717) is 17.4 Å². The molecule has 19 heavy (non-hydrogen) atoms. The second kappa shape index (κ2) is 8.55. The lowest BCUT2D eigenvalue weighted by Crippen LogP contribution is -2.16. The van der Waals surface area contributed by atoms with Gasteiger partial charge in [0.05, 0.1) is 6.10 Å². The SMILES string of the molecule is CCCCC(CC)CC(O)Cc1ccc(F)cc1Cl. The van der Waals surface area contributed by atoms with Crippen LogP contribution in [-0.2, 0) is 6.42 Å². The third kappa shape index (κ3) is 5.92. The summed E-state index contributed by atoms with van der Waals surface area (Å²) in [5, 5.41) is 10.5. The van der Waals surface area contributed by atoms with Crippen molar-refractivity contribution in [1.82, 2.24) is 0 Å². The molecule has 1 aromatic carbocycles. The van der Waals surface area contributed by atoms with Crippen LogP contribution in [0.3, 0.4) is 0 Å². The predicted molar refractivity (Wildman–Crippen MR) is 79.0 cm³/mol. The van der Waals surface area contributed by atoms with E-state index in [0.717, 1.165) is 18.4 Å². The van der Waals surface area contributed by atoms with E-state index in [4.69, 9.17) is 11.6 Å². The lowest BCUT2D eigenvalue weighted by atomic mass is 9.91. The molecule has 2 unspecified atom stereocenters. The highest BCUT2D eigenvalue weighted by molar-refractivity contribution is 6.31. The average molecular weight is 287 g/mol. The summed E-state index contributed by atoms with van der Waals surface area (Å²) < 4.78 is 12.9. The highest BCUT2D eigenvalue weighted by atomic mass is 35.5. The van der Waals surface area contributed by atoms with Crippen molar-refractivity contribution in [3.05, 3.63) is 34.6 Å². The molecule has 0 fully saturated rings. The van der Waals surface area contributed by atoms with Gasteiger partial charge in [0.15, 0.2) is 0 Å². The molecule has 2 atom stereocenters. The van der Waals surface area contributed by atoms with E-state index in [1.807, 2.05) is 0 Å². The Morgan fingerprint density at radius 3 is 2.63 bits per heavy atom. The van der Waals surface area contributed by atoms with E-state index in [9.17, 15) is 9.50 Å². The molecule has 108 valence electrons. The van der Waals surface area contributed by atoms with Crippen molar-refractivity contribution in [3.63, 3.8) is 0 Å². The zero-order valence-electron chi connectivity index (χ0n) is 11.8. The maximum Gasteiger partial charge on any atom is 0.124 e. The summed E-state index contributed by atoms with van der Waals surface area (Å²) in [5.74, 6) is 0.229. The Hall–Kier alpha value is -0.600. The fourth-order valence-corrected chi connectivity index (χ4v) is 2.64.